The van der Waals surface area contributed by atoms with Gasteiger partial charge in [0.25, 0.3) is 0 Å². The lowest BCUT2D eigenvalue weighted by atomic mass is 10.1. The van der Waals surface area contributed by atoms with Crippen LogP contribution < -0.4 is 0 Å². The summed E-state index contributed by atoms with van der Waals surface area (Å²) in [5.74, 6) is 0.0510. The van der Waals surface area contributed by atoms with E-state index in [1.807, 2.05) is 13.0 Å². The molecule has 0 amide bonds. The van der Waals surface area contributed by atoms with Crippen LogP contribution in [-0.2, 0) is 11.4 Å². The molecule has 1 aromatic carbocycles. The Bertz CT molecular complexity index is 363. The molecule has 0 saturated heterocycles. The first-order valence-electron chi connectivity index (χ1n) is 5.23. The summed E-state index contributed by atoms with van der Waals surface area (Å²) in [5.41, 5.74) is 0.772. The van der Waals surface area contributed by atoms with E-state index in [0.29, 0.717) is 5.92 Å². The first-order valence-corrected chi connectivity index (χ1v) is 5.23. The van der Waals surface area contributed by atoms with E-state index in [1.165, 1.54) is 12.1 Å². The van der Waals surface area contributed by atoms with Gasteiger partial charge < -0.3 is 4.84 Å². The quantitative estimate of drug-likeness (QED) is 0.409. The summed E-state index contributed by atoms with van der Waals surface area (Å²) in [5, 5.41) is 3.82. The van der Waals surface area contributed by atoms with Crippen molar-refractivity contribution in [3.05, 3.63) is 48.3 Å². The van der Waals surface area contributed by atoms with Crippen molar-refractivity contribution in [1.82, 2.24) is 0 Å². The number of oxime groups is 1. The van der Waals surface area contributed by atoms with E-state index in [2.05, 4.69) is 11.7 Å². The number of nitrogens with zero attached hydrogens (tertiary/aromatic N) is 1. The average molecular weight is 221 g/mol. The van der Waals surface area contributed by atoms with Gasteiger partial charge in [0.05, 0.1) is 0 Å². The van der Waals surface area contributed by atoms with Gasteiger partial charge in [0.2, 0.25) is 0 Å². The minimum Gasteiger partial charge on any atom is -0.391 e. The van der Waals surface area contributed by atoms with Crippen LogP contribution in [0.3, 0.4) is 0 Å². The van der Waals surface area contributed by atoms with Crippen molar-refractivity contribution in [2.24, 2.45) is 11.1 Å². The predicted molar refractivity (Wildman–Crippen MR) is 63.7 cm³/mol. The Morgan fingerprint density at radius 3 is 3.06 bits per heavy atom. The lowest BCUT2D eigenvalue weighted by Crippen LogP contribution is -1.95. The number of hydrogen-bond acceptors (Lipinski definition) is 2. The zero-order valence-electron chi connectivity index (χ0n) is 9.40. The average Bonchev–Trinajstić information content (AvgIpc) is 2.25. The van der Waals surface area contributed by atoms with Crippen LogP contribution in [0.5, 0.6) is 0 Å². The SMILES string of the molecule is C=CCC(C)/C=N/OCc1cccc(F)c1. The van der Waals surface area contributed by atoms with Crippen molar-refractivity contribution in [3.63, 3.8) is 0 Å². The summed E-state index contributed by atoms with van der Waals surface area (Å²) in [6, 6.07) is 6.28. The number of allylic oxidation sites excluding steroid dienone is 1. The molecule has 0 aliphatic rings. The Balaban J connectivity index is 2.32. The first kappa shape index (κ1) is 12.4. The molecule has 2 nitrogen and oxygen atoms in total. The molecule has 0 fully saturated rings. The van der Waals surface area contributed by atoms with Gasteiger partial charge in [0.1, 0.15) is 12.4 Å². The summed E-state index contributed by atoms with van der Waals surface area (Å²) in [6.45, 7) is 5.95. The minimum absolute atomic E-state index is 0.259. The fraction of sp³-hybridized carbons (Fsp3) is 0.308. The van der Waals surface area contributed by atoms with E-state index >= 15 is 0 Å². The van der Waals surface area contributed by atoms with Gasteiger partial charge in [0, 0.05) is 6.21 Å². The van der Waals surface area contributed by atoms with Crippen LogP contribution in [0.2, 0.25) is 0 Å². The topological polar surface area (TPSA) is 21.6 Å². The third kappa shape index (κ3) is 4.73. The van der Waals surface area contributed by atoms with E-state index in [1.54, 1.807) is 18.3 Å². The highest BCUT2D eigenvalue weighted by Gasteiger charge is 1.96. The standard InChI is InChI=1S/C13H16FNO/c1-3-5-11(2)9-15-16-10-12-6-4-7-13(14)8-12/h3-4,6-9,11H,1,5,10H2,2H3/b15-9+. The first-order chi connectivity index (χ1) is 7.72. The van der Waals surface area contributed by atoms with Crippen LogP contribution in [0.15, 0.2) is 42.1 Å². The largest absolute Gasteiger partial charge is 0.391 e. The van der Waals surface area contributed by atoms with Crippen molar-refractivity contribution in [3.8, 4) is 0 Å². The van der Waals surface area contributed by atoms with E-state index in [-0.39, 0.29) is 12.4 Å². The molecule has 1 aromatic rings. The van der Waals surface area contributed by atoms with Crippen LogP contribution >= 0.6 is 0 Å². The highest BCUT2D eigenvalue weighted by molar-refractivity contribution is 5.59. The maximum Gasteiger partial charge on any atom is 0.142 e. The Labute approximate surface area is 95.4 Å². The van der Waals surface area contributed by atoms with Crippen LogP contribution in [0.25, 0.3) is 0 Å². The second-order valence-corrected chi connectivity index (χ2v) is 3.66. The Morgan fingerprint density at radius 2 is 2.38 bits per heavy atom. The Hall–Kier alpha value is -1.64. The molecular formula is C13H16FNO. The van der Waals surface area contributed by atoms with Gasteiger partial charge in [-0.05, 0) is 30.0 Å². The lowest BCUT2D eigenvalue weighted by Gasteiger charge is -2.01. The van der Waals surface area contributed by atoms with Crippen molar-refractivity contribution < 1.29 is 9.23 Å². The molecule has 0 saturated carbocycles. The minimum atomic E-state index is -0.259. The van der Waals surface area contributed by atoms with E-state index in [4.69, 9.17) is 4.84 Å². The zero-order valence-corrected chi connectivity index (χ0v) is 9.40. The molecule has 0 aliphatic heterocycles. The molecule has 86 valence electrons. The van der Waals surface area contributed by atoms with Crippen LogP contribution in [0.1, 0.15) is 18.9 Å². The highest BCUT2D eigenvalue weighted by Crippen LogP contribution is 2.05. The number of rotatable bonds is 6. The molecule has 1 atom stereocenters. The smallest absolute Gasteiger partial charge is 0.142 e. The normalized spacial score (nSPS) is 12.6. The summed E-state index contributed by atoms with van der Waals surface area (Å²) in [4.78, 5) is 5.06. The van der Waals surface area contributed by atoms with Crippen molar-refractivity contribution in [1.29, 1.82) is 0 Å². The predicted octanol–water partition coefficient (Wildman–Crippen LogP) is 3.54. The number of benzene rings is 1. The van der Waals surface area contributed by atoms with Crippen LogP contribution in [0, 0.1) is 11.7 Å². The van der Waals surface area contributed by atoms with Gasteiger partial charge >= 0.3 is 0 Å². The molecule has 0 aliphatic carbocycles. The van der Waals surface area contributed by atoms with Gasteiger partial charge in [-0.1, -0.05) is 30.3 Å². The van der Waals surface area contributed by atoms with Crippen LogP contribution in [0.4, 0.5) is 4.39 Å². The van der Waals surface area contributed by atoms with E-state index in [9.17, 15) is 4.39 Å². The third-order valence-corrected chi connectivity index (χ3v) is 2.05. The van der Waals surface area contributed by atoms with E-state index in [0.717, 1.165) is 12.0 Å². The summed E-state index contributed by atoms with van der Waals surface area (Å²) in [7, 11) is 0. The molecule has 16 heavy (non-hydrogen) atoms. The van der Waals surface area contributed by atoms with Crippen molar-refractivity contribution in [2.45, 2.75) is 20.0 Å². The Kier molecular flexibility index (Phi) is 5.26. The second-order valence-electron chi connectivity index (χ2n) is 3.66. The van der Waals surface area contributed by atoms with Crippen molar-refractivity contribution in [2.75, 3.05) is 0 Å². The summed E-state index contributed by atoms with van der Waals surface area (Å²) >= 11 is 0. The van der Waals surface area contributed by atoms with Gasteiger partial charge in [-0.3, -0.25) is 0 Å². The monoisotopic (exact) mass is 221 g/mol. The molecule has 1 rings (SSSR count). The van der Waals surface area contributed by atoms with E-state index < -0.39 is 0 Å². The molecule has 3 heteroatoms. The van der Waals surface area contributed by atoms with Gasteiger partial charge in [-0.25, -0.2) is 4.39 Å². The number of halogens is 1. The Morgan fingerprint density at radius 1 is 1.56 bits per heavy atom. The molecule has 0 aromatic heterocycles. The van der Waals surface area contributed by atoms with Gasteiger partial charge in [-0.2, -0.15) is 0 Å². The maximum atomic E-state index is 12.8. The summed E-state index contributed by atoms with van der Waals surface area (Å²) in [6.07, 6.45) is 4.43. The molecule has 0 heterocycles. The third-order valence-electron chi connectivity index (χ3n) is 2.05. The molecule has 0 radical (unpaired) electrons. The lowest BCUT2D eigenvalue weighted by molar-refractivity contribution is 0.130. The number of hydrogen-bond donors (Lipinski definition) is 0. The molecule has 0 bridgehead atoms. The highest BCUT2D eigenvalue weighted by atomic mass is 19.1. The second kappa shape index (κ2) is 6.77. The fourth-order valence-electron chi connectivity index (χ4n) is 1.21. The molecule has 0 spiro atoms. The molecule has 1 unspecified atom stereocenters. The van der Waals surface area contributed by atoms with Gasteiger partial charge in [0.15, 0.2) is 0 Å². The molecule has 0 N–H and O–H groups in total. The summed E-state index contributed by atoms with van der Waals surface area (Å²) < 4.78 is 12.8. The van der Waals surface area contributed by atoms with Crippen LogP contribution in [-0.4, -0.2) is 6.21 Å². The molecular weight excluding hydrogens is 205 g/mol. The maximum absolute atomic E-state index is 12.8. The fourth-order valence-corrected chi connectivity index (χ4v) is 1.21. The van der Waals surface area contributed by atoms with Gasteiger partial charge in [-0.15, -0.1) is 6.58 Å². The zero-order chi connectivity index (χ0) is 11.8. The van der Waals surface area contributed by atoms with Crippen molar-refractivity contribution >= 4 is 6.21 Å².